The first-order chi connectivity index (χ1) is 7.67. The van der Waals surface area contributed by atoms with E-state index in [-0.39, 0.29) is 5.91 Å². The van der Waals surface area contributed by atoms with E-state index in [9.17, 15) is 4.79 Å². The maximum atomic E-state index is 11.5. The Morgan fingerprint density at radius 1 is 1.56 bits per heavy atom. The fourth-order valence-corrected chi connectivity index (χ4v) is 1.65. The lowest BCUT2D eigenvalue weighted by Crippen LogP contribution is -2.14. The Balaban J connectivity index is 2.69. The van der Waals surface area contributed by atoms with Crippen LogP contribution in [0.15, 0.2) is 18.2 Å². The van der Waals surface area contributed by atoms with E-state index in [2.05, 4.69) is 5.32 Å². The summed E-state index contributed by atoms with van der Waals surface area (Å²) in [6, 6.07) is 5.15. The van der Waals surface area contributed by atoms with Gasteiger partial charge in [-0.3, -0.25) is 4.79 Å². The van der Waals surface area contributed by atoms with Crippen LogP contribution >= 0.6 is 11.8 Å². The first-order valence-electron chi connectivity index (χ1n) is 4.98. The van der Waals surface area contributed by atoms with Crippen LogP contribution in [0.2, 0.25) is 0 Å². The third-order valence-electron chi connectivity index (χ3n) is 1.94. The van der Waals surface area contributed by atoms with Gasteiger partial charge in [0.05, 0.1) is 18.6 Å². The lowest BCUT2D eigenvalue weighted by Gasteiger charge is -2.10. The van der Waals surface area contributed by atoms with E-state index in [1.165, 1.54) is 0 Å². The Morgan fingerprint density at radius 3 is 2.94 bits per heavy atom. The lowest BCUT2D eigenvalue weighted by atomic mass is 10.2. The zero-order valence-electron chi connectivity index (χ0n) is 9.45. The van der Waals surface area contributed by atoms with Crippen molar-refractivity contribution >= 4 is 29.0 Å². The van der Waals surface area contributed by atoms with Crippen molar-refractivity contribution in [1.82, 2.24) is 0 Å². The lowest BCUT2D eigenvalue weighted by molar-refractivity contribution is -0.113. The summed E-state index contributed by atoms with van der Waals surface area (Å²) in [5.74, 6) is 1.92. The van der Waals surface area contributed by atoms with Crippen molar-refractivity contribution in [3.8, 4) is 5.75 Å². The summed E-state index contributed by atoms with van der Waals surface area (Å²) >= 11 is 1.57. The van der Waals surface area contributed by atoms with Gasteiger partial charge in [0, 0.05) is 11.8 Å². The third-order valence-corrected chi connectivity index (χ3v) is 2.81. The molecule has 0 aliphatic heterocycles. The number of carbonyl (C=O) groups excluding carboxylic acids is 1. The highest BCUT2D eigenvalue weighted by molar-refractivity contribution is 7.99. The monoisotopic (exact) mass is 240 g/mol. The van der Waals surface area contributed by atoms with Crippen LogP contribution in [-0.2, 0) is 4.79 Å². The highest BCUT2D eigenvalue weighted by Crippen LogP contribution is 2.26. The van der Waals surface area contributed by atoms with Crippen molar-refractivity contribution in [2.24, 2.45) is 0 Å². The molecule has 3 N–H and O–H groups in total. The molecule has 0 heterocycles. The molecule has 4 nitrogen and oxygen atoms in total. The van der Waals surface area contributed by atoms with E-state index in [0.29, 0.717) is 22.9 Å². The average molecular weight is 240 g/mol. The van der Waals surface area contributed by atoms with Crippen LogP contribution in [0.3, 0.4) is 0 Å². The minimum Gasteiger partial charge on any atom is -0.494 e. The molecule has 16 heavy (non-hydrogen) atoms. The number of nitrogen functional groups attached to an aromatic ring is 1. The molecule has 1 amide bonds. The van der Waals surface area contributed by atoms with Gasteiger partial charge in [0.1, 0.15) is 5.75 Å². The zero-order valence-corrected chi connectivity index (χ0v) is 10.3. The largest absolute Gasteiger partial charge is 0.494 e. The van der Waals surface area contributed by atoms with Crippen LogP contribution in [0.25, 0.3) is 0 Å². The van der Waals surface area contributed by atoms with E-state index in [1.807, 2.05) is 6.92 Å². The summed E-state index contributed by atoms with van der Waals surface area (Å²) in [6.45, 7) is 2.02. The minimum atomic E-state index is -0.0325. The van der Waals surface area contributed by atoms with Crippen molar-refractivity contribution in [2.75, 3.05) is 29.7 Å². The molecule has 0 atom stereocenters. The number of rotatable bonds is 5. The number of anilines is 2. The van der Waals surface area contributed by atoms with Gasteiger partial charge in [-0.2, -0.15) is 11.8 Å². The van der Waals surface area contributed by atoms with Crippen LogP contribution in [-0.4, -0.2) is 24.5 Å². The van der Waals surface area contributed by atoms with Gasteiger partial charge >= 0.3 is 0 Å². The second kappa shape index (κ2) is 6.27. The number of nitrogens with one attached hydrogen (secondary N) is 1. The fraction of sp³-hybridized carbons (Fsp3) is 0.364. The Bertz CT molecular complexity index is 369. The average Bonchev–Trinajstić information content (AvgIpc) is 2.28. The standard InChI is InChI=1S/C11H16N2O2S/c1-3-16-7-11(14)13-9-5-4-8(12)6-10(9)15-2/h4-6H,3,7,12H2,1-2H3,(H,13,14). The van der Waals surface area contributed by atoms with E-state index in [0.717, 1.165) is 5.75 Å². The number of carbonyl (C=O) groups is 1. The molecule has 0 bridgehead atoms. The van der Waals surface area contributed by atoms with Gasteiger partial charge in [-0.05, 0) is 17.9 Å². The maximum Gasteiger partial charge on any atom is 0.234 e. The smallest absolute Gasteiger partial charge is 0.234 e. The predicted octanol–water partition coefficient (Wildman–Crippen LogP) is 1.97. The molecule has 0 fully saturated rings. The van der Waals surface area contributed by atoms with Crippen LogP contribution in [0, 0.1) is 0 Å². The zero-order chi connectivity index (χ0) is 12.0. The molecule has 0 radical (unpaired) electrons. The third kappa shape index (κ3) is 3.66. The van der Waals surface area contributed by atoms with Gasteiger partial charge in [-0.1, -0.05) is 6.92 Å². The molecule has 1 rings (SSSR count). The molecule has 88 valence electrons. The normalized spacial score (nSPS) is 9.88. The summed E-state index contributed by atoms with van der Waals surface area (Å²) in [5, 5.41) is 2.78. The highest BCUT2D eigenvalue weighted by Gasteiger charge is 2.07. The molecule has 0 aliphatic carbocycles. The molecule has 1 aromatic rings. The van der Waals surface area contributed by atoms with Crippen molar-refractivity contribution < 1.29 is 9.53 Å². The molecule has 0 spiro atoms. The quantitative estimate of drug-likeness (QED) is 0.772. The predicted molar refractivity (Wildman–Crippen MR) is 69.0 cm³/mol. The number of nitrogens with two attached hydrogens (primary N) is 1. The van der Waals surface area contributed by atoms with Crippen molar-refractivity contribution in [3.63, 3.8) is 0 Å². The molecule has 0 saturated carbocycles. The second-order valence-corrected chi connectivity index (χ2v) is 4.42. The molecule has 1 aromatic carbocycles. The summed E-state index contributed by atoms with van der Waals surface area (Å²) < 4.78 is 5.13. The fourth-order valence-electron chi connectivity index (χ4n) is 1.19. The van der Waals surface area contributed by atoms with Crippen molar-refractivity contribution in [3.05, 3.63) is 18.2 Å². The van der Waals surface area contributed by atoms with E-state index >= 15 is 0 Å². The number of hydrogen-bond donors (Lipinski definition) is 2. The molecular weight excluding hydrogens is 224 g/mol. The van der Waals surface area contributed by atoms with Crippen molar-refractivity contribution in [2.45, 2.75) is 6.92 Å². The van der Waals surface area contributed by atoms with E-state index in [4.69, 9.17) is 10.5 Å². The van der Waals surface area contributed by atoms with E-state index in [1.54, 1.807) is 37.1 Å². The summed E-state index contributed by atoms with van der Waals surface area (Å²) in [5.41, 5.74) is 6.88. The number of benzene rings is 1. The molecule has 0 unspecified atom stereocenters. The summed E-state index contributed by atoms with van der Waals surface area (Å²) in [6.07, 6.45) is 0. The number of hydrogen-bond acceptors (Lipinski definition) is 4. The van der Waals surface area contributed by atoms with Crippen LogP contribution < -0.4 is 15.8 Å². The van der Waals surface area contributed by atoms with Gasteiger partial charge in [-0.25, -0.2) is 0 Å². The number of amides is 1. The topological polar surface area (TPSA) is 64.4 Å². The Morgan fingerprint density at radius 2 is 2.31 bits per heavy atom. The number of methoxy groups -OCH3 is 1. The number of ether oxygens (including phenoxy) is 1. The Labute approximate surface area is 99.5 Å². The van der Waals surface area contributed by atoms with Gasteiger partial charge in [0.15, 0.2) is 0 Å². The van der Waals surface area contributed by atoms with Crippen LogP contribution in [0.5, 0.6) is 5.75 Å². The van der Waals surface area contributed by atoms with Gasteiger partial charge < -0.3 is 15.8 Å². The first kappa shape index (κ1) is 12.7. The highest BCUT2D eigenvalue weighted by atomic mass is 32.2. The van der Waals surface area contributed by atoms with E-state index < -0.39 is 0 Å². The second-order valence-electron chi connectivity index (χ2n) is 3.15. The molecular formula is C11H16N2O2S. The summed E-state index contributed by atoms with van der Waals surface area (Å²) in [7, 11) is 1.55. The SMILES string of the molecule is CCSCC(=O)Nc1ccc(N)cc1OC. The first-order valence-corrected chi connectivity index (χ1v) is 6.14. The molecule has 0 aliphatic rings. The van der Waals surface area contributed by atoms with Crippen LogP contribution in [0.4, 0.5) is 11.4 Å². The molecule has 0 aromatic heterocycles. The number of thioether (sulfide) groups is 1. The maximum absolute atomic E-state index is 11.5. The van der Waals surface area contributed by atoms with Gasteiger partial charge in [-0.15, -0.1) is 0 Å². The Kier molecular flexibility index (Phi) is 4.98. The van der Waals surface area contributed by atoms with Crippen LogP contribution in [0.1, 0.15) is 6.92 Å². The summed E-state index contributed by atoms with van der Waals surface area (Å²) in [4.78, 5) is 11.5. The van der Waals surface area contributed by atoms with Crippen molar-refractivity contribution in [1.29, 1.82) is 0 Å². The van der Waals surface area contributed by atoms with Gasteiger partial charge in [0.25, 0.3) is 0 Å². The molecule has 0 saturated heterocycles. The van der Waals surface area contributed by atoms with Gasteiger partial charge in [0.2, 0.25) is 5.91 Å². The Hall–Kier alpha value is -1.36. The molecule has 5 heteroatoms. The minimum absolute atomic E-state index is 0.0325.